The van der Waals surface area contributed by atoms with Crippen molar-refractivity contribution in [1.29, 1.82) is 0 Å². The Bertz CT molecular complexity index is 876. The Balaban J connectivity index is 1.26. The summed E-state index contributed by atoms with van der Waals surface area (Å²) >= 11 is 0. The minimum absolute atomic E-state index is 0.657. The second-order valence-electron chi connectivity index (χ2n) is 10.3. The van der Waals surface area contributed by atoms with Gasteiger partial charge in [0.05, 0.1) is 0 Å². The van der Waals surface area contributed by atoms with Crippen LogP contribution in [0.2, 0.25) is 0 Å². The third-order valence-electron chi connectivity index (χ3n) is 9.57. The smallest absolute Gasteiger partial charge is 0.120 e. The second-order valence-corrected chi connectivity index (χ2v) is 10.3. The highest BCUT2D eigenvalue weighted by Crippen LogP contribution is 2.76. The molecule has 3 atom stereocenters. The molecule has 4 aliphatic rings. The molecule has 146 valence electrons. The van der Waals surface area contributed by atoms with Crippen LogP contribution < -0.4 is 4.74 Å². The highest BCUT2D eigenvalue weighted by Gasteiger charge is 2.67. The lowest BCUT2D eigenvalue weighted by atomic mass is 9.48. The molecule has 1 nitrogen and oxygen atoms in total. The minimum Gasteiger partial charge on any atom is -0.489 e. The van der Waals surface area contributed by atoms with Crippen LogP contribution in [0.25, 0.3) is 0 Å². The van der Waals surface area contributed by atoms with Crippen LogP contribution in [0.15, 0.2) is 48.5 Å². The maximum atomic E-state index is 6.13. The van der Waals surface area contributed by atoms with Gasteiger partial charge in [-0.05, 0) is 109 Å². The topological polar surface area (TPSA) is 9.23 Å². The van der Waals surface area contributed by atoms with Gasteiger partial charge < -0.3 is 4.74 Å². The molecule has 2 aromatic rings. The van der Waals surface area contributed by atoms with E-state index >= 15 is 0 Å². The van der Waals surface area contributed by atoms with E-state index in [4.69, 9.17) is 4.74 Å². The fraction of sp³-hybridized carbons (Fsp3) is 0.556. The standard InChI is InChI=1S/C27H32O/c1-26-14-13-24-23-9-8-22(28-18-19-5-3-2-4-6-19)17-20(23)7-10-25(24)27(26)15-11-21(26)12-16-27/h2-6,8-9,17,21,24-25H,7,10-16,18H2,1H3/t21?,24-,25-,26-,27?/m1/s1. The number of aryl methyl sites for hydroxylation is 1. The average molecular weight is 373 g/mol. The van der Waals surface area contributed by atoms with Crippen molar-refractivity contribution in [3.8, 4) is 5.75 Å². The molecule has 3 fully saturated rings. The van der Waals surface area contributed by atoms with Crippen molar-refractivity contribution in [3.05, 3.63) is 65.2 Å². The summed E-state index contributed by atoms with van der Waals surface area (Å²) in [7, 11) is 0. The van der Waals surface area contributed by atoms with E-state index in [1.54, 1.807) is 11.1 Å². The van der Waals surface area contributed by atoms with Gasteiger partial charge in [-0.2, -0.15) is 0 Å². The fourth-order valence-electron chi connectivity index (χ4n) is 8.19. The molecule has 0 spiro atoms. The van der Waals surface area contributed by atoms with Gasteiger partial charge in [-0.1, -0.05) is 43.3 Å². The maximum Gasteiger partial charge on any atom is 0.120 e. The molecular weight excluding hydrogens is 340 g/mol. The van der Waals surface area contributed by atoms with Crippen LogP contribution in [0, 0.1) is 22.7 Å². The monoisotopic (exact) mass is 372 g/mol. The van der Waals surface area contributed by atoms with Gasteiger partial charge in [0.25, 0.3) is 0 Å². The first-order valence-corrected chi connectivity index (χ1v) is 11.5. The molecule has 2 bridgehead atoms. The number of fused-ring (bicyclic) bond motifs is 3. The van der Waals surface area contributed by atoms with E-state index in [0.717, 1.165) is 23.5 Å². The average Bonchev–Trinajstić information content (AvgIpc) is 3.21. The van der Waals surface area contributed by atoms with Gasteiger partial charge in [-0.25, -0.2) is 0 Å². The molecule has 1 heteroatoms. The normalized spacial score (nSPS) is 37.8. The van der Waals surface area contributed by atoms with Crippen molar-refractivity contribution in [2.24, 2.45) is 22.7 Å². The van der Waals surface area contributed by atoms with E-state index in [2.05, 4.69) is 55.5 Å². The summed E-state index contributed by atoms with van der Waals surface area (Å²) in [4.78, 5) is 0. The molecule has 2 aromatic carbocycles. The Labute approximate surface area is 169 Å². The summed E-state index contributed by atoms with van der Waals surface area (Å²) in [5.74, 6) is 3.81. The van der Waals surface area contributed by atoms with E-state index in [0.29, 0.717) is 17.4 Å². The van der Waals surface area contributed by atoms with Gasteiger partial charge in [0.15, 0.2) is 0 Å². The van der Waals surface area contributed by atoms with Crippen LogP contribution in [0.4, 0.5) is 0 Å². The summed E-state index contributed by atoms with van der Waals surface area (Å²) in [5, 5.41) is 0. The fourth-order valence-corrected chi connectivity index (χ4v) is 8.19. The zero-order valence-corrected chi connectivity index (χ0v) is 17.1. The van der Waals surface area contributed by atoms with Crippen LogP contribution in [0.3, 0.4) is 0 Å². The molecule has 0 aliphatic heterocycles. The Morgan fingerprint density at radius 2 is 1.75 bits per heavy atom. The predicted molar refractivity (Wildman–Crippen MR) is 114 cm³/mol. The molecule has 0 heterocycles. The van der Waals surface area contributed by atoms with Gasteiger partial charge in [-0.3, -0.25) is 0 Å². The summed E-state index contributed by atoms with van der Waals surface area (Å²) in [6.07, 6.45) is 11.6. The molecule has 28 heavy (non-hydrogen) atoms. The van der Waals surface area contributed by atoms with Gasteiger partial charge in [-0.15, -0.1) is 0 Å². The van der Waals surface area contributed by atoms with Crippen molar-refractivity contribution in [1.82, 2.24) is 0 Å². The van der Waals surface area contributed by atoms with Crippen molar-refractivity contribution in [3.63, 3.8) is 0 Å². The van der Waals surface area contributed by atoms with Gasteiger partial charge in [0.1, 0.15) is 12.4 Å². The van der Waals surface area contributed by atoms with Crippen LogP contribution in [-0.4, -0.2) is 0 Å². The third-order valence-corrected chi connectivity index (χ3v) is 9.57. The first-order valence-electron chi connectivity index (χ1n) is 11.5. The highest BCUT2D eigenvalue weighted by atomic mass is 16.5. The van der Waals surface area contributed by atoms with Crippen LogP contribution >= 0.6 is 0 Å². The third kappa shape index (κ3) is 2.25. The lowest BCUT2D eigenvalue weighted by molar-refractivity contribution is -0.0337. The SMILES string of the molecule is C[C@]12CC[C@@H]3c4ccc(OCc5ccccc5)cc4CC[C@H]3C13CCC2CC3. The summed E-state index contributed by atoms with van der Waals surface area (Å²) < 4.78 is 6.13. The summed E-state index contributed by atoms with van der Waals surface area (Å²) in [5.41, 5.74) is 5.79. The van der Waals surface area contributed by atoms with Crippen molar-refractivity contribution in [2.75, 3.05) is 0 Å². The first-order chi connectivity index (χ1) is 13.7. The van der Waals surface area contributed by atoms with Crippen molar-refractivity contribution >= 4 is 0 Å². The van der Waals surface area contributed by atoms with Crippen molar-refractivity contribution < 1.29 is 4.74 Å². The van der Waals surface area contributed by atoms with E-state index in [9.17, 15) is 0 Å². The summed E-state index contributed by atoms with van der Waals surface area (Å²) in [6.45, 7) is 3.33. The van der Waals surface area contributed by atoms with Gasteiger partial charge in [0, 0.05) is 0 Å². The van der Waals surface area contributed by atoms with E-state index < -0.39 is 0 Å². The maximum absolute atomic E-state index is 6.13. The van der Waals surface area contributed by atoms with Crippen LogP contribution in [-0.2, 0) is 13.0 Å². The zero-order valence-electron chi connectivity index (χ0n) is 17.1. The van der Waals surface area contributed by atoms with E-state index in [1.165, 1.54) is 56.9 Å². The summed E-state index contributed by atoms with van der Waals surface area (Å²) in [6, 6.07) is 17.5. The number of ether oxygens (including phenoxy) is 1. The molecule has 0 amide bonds. The molecule has 0 aromatic heterocycles. The van der Waals surface area contributed by atoms with Crippen LogP contribution in [0.5, 0.6) is 5.75 Å². The highest BCUT2D eigenvalue weighted by molar-refractivity contribution is 5.41. The number of hydrogen-bond donors (Lipinski definition) is 0. The molecular formula is C27H32O. The van der Waals surface area contributed by atoms with Gasteiger partial charge in [0.2, 0.25) is 0 Å². The number of benzene rings is 2. The molecule has 3 saturated carbocycles. The Morgan fingerprint density at radius 1 is 0.929 bits per heavy atom. The quantitative estimate of drug-likeness (QED) is 0.569. The number of hydrogen-bond acceptors (Lipinski definition) is 1. The molecule has 0 saturated heterocycles. The molecule has 4 aliphatic carbocycles. The second kappa shape index (κ2) is 6.12. The lowest BCUT2D eigenvalue weighted by Gasteiger charge is -2.56. The van der Waals surface area contributed by atoms with E-state index in [1.807, 2.05) is 0 Å². The molecule has 6 rings (SSSR count). The lowest BCUT2D eigenvalue weighted by Crippen LogP contribution is -2.47. The predicted octanol–water partition coefficient (Wildman–Crippen LogP) is 6.90. The first kappa shape index (κ1) is 17.1. The molecule has 0 radical (unpaired) electrons. The van der Waals surface area contributed by atoms with E-state index in [-0.39, 0.29) is 0 Å². The Kier molecular flexibility index (Phi) is 3.74. The minimum atomic E-state index is 0.657. The molecule has 0 N–H and O–H groups in total. The largest absolute Gasteiger partial charge is 0.489 e. The number of rotatable bonds is 3. The van der Waals surface area contributed by atoms with Crippen molar-refractivity contribution in [2.45, 2.75) is 70.8 Å². The van der Waals surface area contributed by atoms with Gasteiger partial charge >= 0.3 is 0 Å². The Hall–Kier alpha value is -1.76. The molecule has 0 unspecified atom stereocenters. The zero-order chi connectivity index (χ0) is 18.8. The Morgan fingerprint density at radius 3 is 2.57 bits per heavy atom. The van der Waals surface area contributed by atoms with Crippen LogP contribution in [0.1, 0.15) is 74.5 Å².